The predicted octanol–water partition coefficient (Wildman–Crippen LogP) is 4.75. The minimum atomic E-state index is -0.800. The van der Waals surface area contributed by atoms with Gasteiger partial charge < -0.3 is 19.5 Å². The van der Waals surface area contributed by atoms with Gasteiger partial charge in [-0.05, 0) is 47.9 Å². The van der Waals surface area contributed by atoms with E-state index >= 15 is 0 Å². The van der Waals surface area contributed by atoms with E-state index in [0.717, 1.165) is 5.56 Å². The van der Waals surface area contributed by atoms with Crippen molar-refractivity contribution in [3.05, 3.63) is 95.3 Å². The summed E-state index contributed by atoms with van der Waals surface area (Å²) >= 11 is 0. The third-order valence-corrected chi connectivity index (χ3v) is 5.78. The average Bonchev–Trinajstić information content (AvgIpc) is 3.13. The van der Waals surface area contributed by atoms with E-state index in [2.05, 4.69) is 18.8 Å². The Morgan fingerprint density at radius 1 is 1.06 bits per heavy atom. The first-order valence-corrected chi connectivity index (χ1v) is 11.4. The van der Waals surface area contributed by atoms with Gasteiger partial charge in [0.15, 0.2) is 0 Å². The quantitative estimate of drug-likeness (QED) is 0.289. The molecule has 1 N–H and O–H groups in total. The summed E-state index contributed by atoms with van der Waals surface area (Å²) in [6.45, 7) is 4.82. The number of benzene rings is 2. The van der Waals surface area contributed by atoms with Crippen molar-refractivity contribution in [3.8, 4) is 11.5 Å². The molecule has 4 rings (SSSR count). The standard InChI is InChI=1S/C28H28N2O5/c1-18(2)17-35-22-12-10-19(11-13-22)26(31)24-25(20-8-6-14-29-15-20)30(28(33)27(24)32)16-21-7-4-5-9-23(21)34-3/h4-15,18,25,31H,16-17H2,1-3H3/b26-24+. The molecule has 0 spiro atoms. The molecule has 1 aromatic heterocycles. The number of amides is 1. The number of pyridine rings is 1. The van der Waals surface area contributed by atoms with Crippen molar-refractivity contribution in [3.63, 3.8) is 0 Å². The molecular formula is C28H28N2O5. The molecule has 1 aliphatic rings. The van der Waals surface area contributed by atoms with Crippen molar-refractivity contribution in [2.45, 2.75) is 26.4 Å². The second-order valence-electron chi connectivity index (χ2n) is 8.75. The number of hydrogen-bond donors (Lipinski definition) is 1. The molecule has 0 bridgehead atoms. The molecule has 7 heteroatoms. The molecule has 0 radical (unpaired) electrons. The Bertz CT molecular complexity index is 1240. The first-order valence-electron chi connectivity index (χ1n) is 11.4. The fourth-order valence-corrected chi connectivity index (χ4v) is 4.07. The topological polar surface area (TPSA) is 89.0 Å². The molecule has 0 aliphatic carbocycles. The number of aliphatic hydroxyl groups is 1. The van der Waals surface area contributed by atoms with Crippen LogP contribution in [-0.4, -0.2) is 40.4 Å². The first-order chi connectivity index (χ1) is 16.9. The lowest BCUT2D eigenvalue weighted by atomic mass is 9.96. The average molecular weight is 473 g/mol. The fourth-order valence-electron chi connectivity index (χ4n) is 4.07. The number of ketones is 1. The van der Waals surface area contributed by atoms with Crippen LogP contribution in [0.15, 0.2) is 78.6 Å². The molecule has 1 saturated heterocycles. The van der Waals surface area contributed by atoms with Crippen LogP contribution in [0.5, 0.6) is 11.5 Å². The molecule has 1 amide bonds. The molecule has 180 valence electrons. The van der Waals surface area contributed by atoms with E-state index in [9.17, 15) is 14.7 Å². The number of aromatic nitrogens is 1. The second kappa shape index (κ2) is 10.4. The zero-order valence-corrected chi connectivity index (χ0v) is 20.0. The Labute approximate surface area is 204 Å². The maximum Gasteiger partial charge on any atom is 0.295 e. The number of carbonyl (C=O) groups is 2. The van der Waals surface area contributed by atoms with Gasteiger partial charge in [-0.1, -0.05) is 38.1 Å². The Hall–Kier alpha value is -4.13. The maximum absolute atomic E-state index is 13.2. The maximum atomic E-state index is 13.2. The van der Waals surface area contributed by atoms with E-state index in [4.69, 9.17) is 9.47 Å². The Balaban J connectivity index is 1.75. The summed E-state index contributed by atoms with van der Waals surface area (Å²) < 4.78 is 11.2. The minimum absolute atomic E-state index is 0.0220. The van der Waals surface area contributed by atoms with Gasteiger partial charge in [0, 0.05) is 23.5 Å². The summed E-state index contributed by atoms with van der Waals surface area (Å²) in [5, 5.41) is 11.2. The van der Waals surface area contributed by atoms with Crippen LogP contribution in [0.1, 0.15) is 36.6 Å². The number of methoxy groups -OCH3 is 1. The van der Waals surface area contributed by atoms with E-state index in [0.29, 0.717) is 35.2 Å². The number of likely N-dealkylation sites (tertiary alicyclic amines) is 1. The number of carbonyl (C=O) groups excluding carboxylic acids is 2. The van der Waals surface area contributed by atoms with Crippen LogP contribution in [-0.2, 0) is 16.1 Å². The van der Waals surface area contributed by atoms with Crippen molar-refractivity contribution >= 4 is 17.4 Å². The van der Waals surface area contributed by atoms with Crippen molar-refractivity contribution in [2.24, 2.45) is 5.92 Å². The Kier molecular flexibility index (Phi) is 7.15. The molecule has 7 nitrogen and oxygen atoms in total. The highest BCUT2D eigenvalue weighted by atomic mass is 16.5. The van der Waals surface area contributed by atoms with Crippen LogP contribution >= 0.6 is 0 Å². The van der Waals surface area contributed by atoms with Crippen molar-refractivity contribution in [1.82, 2.24) is 9.88 Å². The fraction of sp³-hybridized carbons (Fsp3) is 0.250. The van der Waals surface area contributed by atoms with Gasteiger partial charge in [0.2, 0.25) is 0 Å². The number of para-hydroxylation sites is 1. The summed E-state index contributed by atoms with van der Waals surface area (Å²) in [4.78, 5) is 32.0. The largest absolute Gasteiger partial charge is 0.507 e. The third-order valence-electron chi connectivity index (χ3n) is 5.78. The van der Waals surface area contributed by atoms with Gasteiger partial charge in [0.25, 0.3) is 11.7 Å². The lowest BCUT2D eigenvalue weighted by Gasteiger charge is -2.25. The summed E-state index contributed by atoms with van der Waals surface area (Å²) in [5.74, 6) is -0.0292. The molecule has 0 saturated carbocycles. The van der Waals surface area contributed by atoms with Crippen LogP contribution in [0, 0.1) is 5.92 Å². The summed E-state index contributed by atoms with van der Waals surface area (Å²) in [6.07, 6.45) is 3.22. The molecular weight excluding hydrogens is 444 g/mol. The lowest BCUT2D eigenvalue weighted by molar-refractivity contribution is -0.140. The molecule has 1 atom stereocenters. The number of nitrogens with zero attached hydrogens (tertiary/aromatic N) is 2. The van der Waals surface area contributed by atoms with Gasteiger partial charge in [-0.2, -0.15) is 0 Å². The Morgan fingerprint density at radius 2 is 1.80 bits per heavy atom. The van der Waals surface area contributed by atoms with Gasteiger partial charge >= 0.3 is 0 Å². The van der Waals surface area contributed by atoms with Gasteiger partial charge in [-0.15, -0.1) is 0 Å². The van der Waals surface area contributed by atoms with E-state index in [-0.39, 0.29) is 17.9 Å². The highest BCUT2D eigenvalue weighted by molar-refractivity contribution is 6.46. The zero-order chi connectivity index (χ0) is 24.9. The zero-order valence-electron chi connectivity index (χ0n) is 20.0. The van der Waals surface area contributed by atoms with Gasteiger partial charge in [-0.3, -0.25) is 14.6 Å². The van der Waals surface area contributed by atoms with Crippen molar-refractivity contribution < 1.29 is 24.2 Å². The third kappa shape index (κ3) is 5.04. The van der Waals surface area contributed by atoms with E-state index in [1.807, 2.05) is 18.2 Å². The van der Waals surface area contributed by atoms with Crippen LogP contribution in [0.25, 0.3) is 5.76 Å². The van der Waals surface area contributed by atoms with Gasteiger partial charge in [0.05, 0.1) is 31.9 Å². The first kappa shape index (κ1) is 24.0. The van der Waals surface area contributed by atoms with Gasteiger partial charge in [0.1, 0.15) is 17.3 Å². The van der Waals surface area contributed by atoms with E-state index in [1.165, 1.54) is 4.90 Å². The van der Waals surface area contributed by atoms with E-state index < -0.39 is 17.7 Å². The van der Waals surface area contributed by atoms with Crippen LogP contribution in [0.3, 0.4) is 0 Å². The Morgan fingerprint density at radius 3 is 2.46 bits per heavy atom. The smallest absolute Gasteiger partial charge is 0.295 e. The van der Waals surface area contributed by atoms with Crippen LogP contribution < -0.4 is 9.47 Å². The SMILES string of the molecule is COc1ccccc1CN1C(=O)C(=O)/C(=C(/O)c2ccc(OCC(C)C)cc2)C1c1cccnc1. The molecule has 2 aromatic carbocycles. The van der Waals surface area contributed by atoms with Gasteiger partial charge in [-0.25, -0.2) is 0 Å². The number of rotatable bonds is 8. The number of hydrogen-bond acceptors (Lipinski definition) is 6. The highest BCUT2D eigenvalue weighted by Gasteiger charge is 2.46. The minimum Gasteiger partial charge on any atom is -0.507 e. The normalized spacial score (nSPS) is 17.1. The molecule has 3 aromatic rings. The second-order valence-corrected chi connectivity index (χ2v) is 8.75. The van der Waals surface area contributed by atoms with Crippen LogP contribution in [0.4, 0.5) is 0 Å². The van der Waals surface area contributed by atoms with Crippen LogP contribution in [0.2, 0.25) is 0 Å². The monoisotopic (exact) mass is 472 g/mol. The highest BCUT2D eigenvalue weighted by Crippen LogP contribution is 2.40. The predicted molar refractivity (Wildman–Crippen MR) is 132 cm³/mol. The lowest BCUT2D eigenvalue weighted by Crippen LogP contribution is -2.29. The molecule has 1 aliphatic heterocycles. The summed E-state index contributed by atoms with van der Waals surface area (Å²) in [6, 6.07) is 16.9. The van der Waals surface area contributed by atoms with E-state index in [1.54, 1.807) is 62.0 Å². The van der Waals surface area contributed by atoms with Crippen molar-refractivity contribution in [2.75, 3.05) is 13.7 Å². The number of Topliss-reactive ketones (excluding diaryl/α,β-unsaturated/α-hetero) is 1. The molecule has 1 fully saturated rings. The molecule has 1 unspecified atom stereocenters. The summed E-state index contributed by atoms with van der Waals surface area (Å²) in [7, 11) is 1.56. The molecule has 35 heavy (non-hydrogen) atoms. The number of aliphatic hydroxyl groups excluding tert-OH is 1. The molecule has 2 heterocycles. The summed E-state index contributed by atoms with van der Waals surface area (Å²) in [5.41, 5.74) is 1.82. The number of ether oxygens (including phenoxy) is 2. The van der Waals surface area contributed by atoms with Crippen molar-refractivity contribution in [1.29, 1.82) is 0 Å².